The predicted octanol–water partition coefficient (Wildman–Crippen LogP) is 4.33. The highest BCUT2D eigenvalue weighted by molar-refractivity contribution is 9.10. The van der Waals surface area contributed by atoms with Gasteiger partial charge in [-0.3, -0.25) is 4.79 Å². The number of rotatable bonds is 5. The molecule has 0 aliphatic carbocycles. The van der Waals surface area contributed by atoms with Gasteiger partial charge in [-0.05, 0) is 76.9 Å². The van der Waals surface area contributed by atoms with Crippen LogP contribution in [0.5, 0.6) is 5.75 Å². The van der Waals surface area contributed by atoms with Crippen molar-refractivity contribution in [2.24, 2.45) is 5.10 Å². The number of hydrogen-bond acceptors (Lipinski definition) is 5. The molecule has 1 aromatic heterocycles. The molecule has 0 aliphatic rings. The molecule has 0 saturated carbocycles. The molecule has 1 N–H and O–H groups in total. The number of nitrogens with zero attached hydrogens (tertiary/aromatic N) is 1. The summed E-state index contributed by atoms with van der Waals surface area (Å²) in [5.41, 5.74) is 4.65. The van der Waals surface area contributed by atoms with Crippen LogP contribution in [0.15, 0.2) is 74.9 Å². The Balaban J connectivity index is 1.56. The second kappa shape index (κ2) is 8.46. The van der Waals surface area contributed by atoms with E-state index in [1.54, 1.807) is 42.5 Å². The molecule has 0 saturated heterocycles. The number of carbonyl (C=O) groups excluding carboxylic acids is 2. The van der Waals surface area contributed by atoms with Gasteiger partial charge in [-0.25, -0.2) is 10.2 Å². The molecule has 7 heteroatoms. The highest BCUT2D eigenvalue weighted by Crippen LogP contribution is 2.15. The summed E-state index contributed by atoms with van der Waals surface area (Å²) in [6, 6.07) is 17.0. The highest BCUT2D eigenvalue weighted by Gasteiger charge is 2.09. The third-order valence-electron chi connectivity index (χ3n) is 3.55. The zero-order valence-electron chi connectivity index (χ0n) is 14.3. The zero-order valence-corrected chi connectivity index (χ0v) is 15.9. The molecule has 3 rings (SSSR count). The van der Waals surface area contributed by atoms with Crippen LogP contribution in [0.1, 0.15) is 32.0 Å². The van der Waals surface area contributed by atoms with E-state index in [1.165, 1.54) is 12.3 Å². The molecular formula is C20H15BrN2O4. The van der Waals surface area contributed by atoms with Gasteiger partial charge in [0.15, 0.2) is 10.4 Å². The normalized spacial score (nSPS) is 10.7. The van der Waals surface area contributed by atoms with Crippen molar-refractivity contribution in [2.45, 2.75) is 6.92 Å². The Morgan fingerprint density at radius 3 is 2.37 bits per heavy atom. The fraction of sp³-hybridized carbons (Fsp3) is 0.0500. The van der Waals surface area contributed by atoms with Crippen LogP contribution in [-0.2, 0) is 0 Å². The first kappa shape index (κ1) is 18.6. The number of furan rings is 1. The minimum atomic E-state index is -0.458. The number of ether oxygens (including phenoxy) is 1. The van der Waals surface area contributed by atoms with Gasteiger partial charge in [-0.1, -0.05) is 17.7 Å². The van der Waals surface area contributed by atoms with E-state index in [2.05, 4.69) is 26.5 Å². The lowest BCUT2D eigenvalue weighted by Crippen LogP contribution is -2.16. The quantitative estimate of drug-likeness (QED) is 0.285. The fourth-order valence-electron chi connectivity index (χ4n) is 2.13. The molecule has 3 aromatic rings. The average Bonchev–Trinajstić information content (AvgIpc) is 3.10. The molecule has 0 atom stereocenters. The molecule has 0 fully saturated rings. The van der Waals surface area contributed by atoms with Crippen LogP contribution in [0.3, 0.4) is 0 Å². The Labute approximate surface area is 164 Å². The van der Waals surface area contributed by atoms with Crippen LogP contribution in [0.4, 0.5) is 0 Å². The number of nitrogens with one attached hydrogen (secondary N) is 1. The number of benzene rings is 2. The van der Waals surface area contributed by atoms with Gasteiger partial charge < -0.3 is 9.15 Å². The summed E-state index contributed by atoms with van der Waals surface area (Å²) in [6.07, 6.45) is 1.47. The molecule has 1 heterocycles. The van der Waals surface area contributed by atoms with E-state index in [4.69, 9.17) is 9.15 Å². The van der Waals surface area contributed by atoms with Crippen molar-refractivity contribution < 1.29 is 18.7 Å². The SMILES string of the molecule is Cc1ccc(C(=O)Oc2ccc(C=NNC(=O)c3ccc(Br)o3)cc2)cc1. The van der Waals surface area contributed by atoms with E-state index in [-0.39, 0.29) is 5.76 Å². The lowest BCUT2D eigenvalue weighted by Gasteiger charge is -2.05. The number of aryl methyl sites for hydroxylation is 1. The monoisotopic (exact) mass is 426 g/mol. The first-order valence-electron chi connectivity index (χ1n) is 7.99. The molecule has 0 aliphatic heterocycles. The van der Waals surface area contributed by atoms with E-state index in [1.807, 2.05) is 19.1 Å². The lowest BCUT2D eigenvalue weighted by molar-refractivity contribution is 0.0734. The molecular weight excluding hydrogens is 412 g/mol. The number of carbonyl (C=O) groups is 2. The van der Waals surface area contributed by atoms with E-state index in [0.717, 1.165) is 11.1 Å². The second-order valence-corrected chi connectivity index (χ2v) is 6.41. The molecule has 27 heavy (non-hydrogen) atoms. The summed E-state index contributed by atoms with van der Waals surface area (Å²) in [5, 5.41) is 3.87. The summed E-state index contributed by atoms with van der Waals surface area (Å²) in [7, 11) is 0. The Morgan fingerprint density at radius 2 is 1.74 bits per heavy atom. The van der Waals surface area contributed by atoms with Gasteiger partial charge in [-0.2, -0.15) is 5.10 Å². The Hall–Kier alpha value is -3.19. The van der Waals surface area contributed by atoms with Crippen molar-refractivity contribution in [2.75, 3.05) is 0 Å². The first-order valence-corrected chi connectivity index (χ1v) is 8.78. The number of hydrogen-bond donors (Lipinski definition) is 1. The van der Waals surface area contributed by atoms with Gasteiger partial charge in [0.05, 0.1) is 11.8 Å². The number of esters is 1. The molecule has 1 amide bonds. The zero-order chi connectivity index (χ0) is 19.2. The Kier molecular flexibility index (Phi) is 5.83. The van der Waals surface area contributed by atoms with Gasteiger partial charge in [0.1, 0.15) is 5.75 Å². The molecule has 0 radical (unpaired) electrons. The van der Waals surface area contributed by atoms with Crippen molar-refractivity contribution in [1.29, 1.82) is 0 Å². The maximum Gasteiger partial charge on any atom is 0.343 e. The number of amides is 1. The smallest absolute Gasteiger partial charge is 0.343 e. The molecule has 6 nitrogen and oxygen atoms in total. The van der Waals surface area contributed by atoms with Crippen molar-refractivity contribution in [3.05, 3.63) is 87.8 Å². The number of halogens is 1. The molecule has 0 unspecified atom stereocenters. The largest absolute Gasteiger partial charge is 0.444 e. The Bertz CT molecular complexity index is 976. The summed E-state index contributed by atoms with van der Waals surface area (Å²) < 4.78 is 10.9. The summed E-state index contributed by atoms with van der Waals surface area (Å²) in [4.78, 5) is 23.9. The van der Waals surface area contributed by atoms with E-state index < -0.39 is 11.9 Å². The topological polar surface area (TPSA) is 80.9 Å². The van der Waals surface area contributed by atoms with Crippen LogP contribution in [0.2, 0.25) is 0 Å². The van der Waals surface area contributed by atoms with Gasteiger partial charge in [0.2, 0.25) is 0 Å². The van der Waals surface area contributed by atoms with Crippen LogP contribution in [0.25, 0.3) is 0 Å². The third-order valence-corrected chi connectivity index (χ3v) is 3.98. The maximum atomic E-state index is 12.1. The second-order valence-electron chi connectivity index (χ2n) is 5.63. The van der Waals surface area contributed by atoms with Gasteiger partial charge in [-0.15, -0.1) is 0 Å². The van der Waals surface area contributed by atoms with Crippen LogP contribution >= 0.6 is 15.9 Å². The van der Waals surface area contributed by atoms with E-state index in [0.29, 0.717) is 16.0 Å². The van der Waals surface area contributed by atoms with Crippen molar-refractivity contribution >= 4 is 34.0 Å². The molecule has 2 aromatic carbocycles. The van der Waals surface area contributed by atoms with Crippen LogP contribution in [-0.4, -0.2) is 18.1 Å². The minimum Gasteiger partial charge on any atom is -0.444 e. The highest BCUT2D eigenvalue weighted by atomic mass is 79.9. The van der Waals surface area contributed by atoms with Crippen LogP contribution < -0.4 is 10.2 Å². The molecule has 136 valence electrons. The number of hydrazone groups is 1. The first-order chi connectivity index (χ1) is 13.0. The molecule has 0 bridgehead atoms. The summed E-state index contributed by atoms with van der Waals surface area (Å²) in [5.74, 6) is -0.312. The predicted molar refractivity (Wildman–Crippen MR) is 104 cm³/mol. The van der Waals surface area contributed by atoms with Crippen molar-refractivity contribution in [3.63, 3.8) is 0 Å². The lowest BCUT2D eigenvalue weighted by atomic mass is 10.1. The molecule has 0 spiro atoms. The van der Waals surface area contributed by atoms with Crippen molar-refractivity contribution in [3.8, 4) is 5.75 Å². The maximum absolute atomic E-state index is 12.1. The minimum absolute atomic E-state index is 0.150. The Morgan fingerprint density at radius 1 is 1.04 bits per heavy atom. The third kappa shape index (κ3) is 5.15. The van der Waals surface area contributed by atoms with Gasteiger partial charge in [0, 0.05) is 0 Å². The standard InChI is InChI=1S/C20H15BrN2O4/c1-13-2-6-15(7-3-13)20(25)26-16-8-4-14(5-9-16)12-22-23-19(24)17-10-11-18(21)27-17/h2-12H,1H3,(H,23,24). The van der Waals surface area contributed by atoms with Crippen LogP contribution in [0, 0.1) is 6.92 Å². The summed E-state index contributed by atoms with van der Waals surface area (Å²) >= 11 is 3.13. The summed E-state index contributed by atoms with van der Waals surface area (Å²) in [6.45, 7) is 1.95. The van der Waals surface area contributed by atoms with E-state index >= 15 is 0 Å². The van der Waals surface area contributed by atoms with Gasteiger partial charge >= 0.3 is 11.9 Å². The average molecular weight is 427 g/mol. The van der Waals surface area contributed by atoms with Gasteiger partial charge in [0.25, 0.3) is 0 Å². The van der Waals surface area contributed by atoms with Crippen molar-refractivity contribution in [1.82, 2.24) is 5.43 Å². The van der Waals surface area contributed by atoms with E-state index in [9.17, 15) is 9.59 Å². The fourth-order valence-corrected chi connectivity index (χ4v) is 2.44.